The Morgan fingerprint density at radius 1 is 0.459 bits per heavy atom. The third-order valence-corrected chi connectivity index (χ3v) is 6.88. The molecule has 2 aromatic heterocycles. The monoisotopic (exact) mass is 473 g/mol. The van der Waals surface area contributed by atoms with E-state index in [1.54, 1.807) is 0 Å². The van der Waals surface area contributed by atoms with Crippen molar-refractivity contribution in [1.29, 1.82) is 0 Å². The molecule has 0 aliphatic rings. The van der Waals surface area contributed by atoms with Gasteiger partial charge in [-0.2, -0.15) is 0 Å². The Kier molecular flexibility index (Phi) is 5.11. The second-order valence-corrected chi connectivity index (χ2v) is 9.13. The molecule has 0 saturated heterocycles. The molecule has 0 aliphatic heterocycles. The van der Waals surface area contributed by atoms with Crippen LogP contribution in [0.3, 0.4) is 0 Å². The van der Waals surface area contributed by atoms with Gasteiger partial charge in [-0.3, -0.25) is 0 Å². The average Bonchev–Trinajstić information content (AvgIpc) is 3.32. The van der Waals surface area contributed by atoms with Gasteiger partial charge >= 0.3 is 0 Å². The van der Waals surface area contributed by atoms with Gasteiger partial charge in [0.15, 0.2) is 5.82 Å². The largest absolute Gasteiger partial charge is 0.309 e. The van der Waals surface area contributed by atoms with Crippen molar-refractivity contribution in [3.63, 3.8) is 0 Å². The van der Waals surface area contributed by atoms with Crippen LogP contribution in [-0.4, -0.2) is 14.5 Å². The Bertz CT molecular complexity index is 1810. The van der Waals surface area contributed by atoms with Gasteiger partial charge in [-0.1, -0.05) is 97.1 Å². The summed E-state index contributed by atoms with van der Waals surface area (Å²) in [6, 6.07) is 46.6. The Morgan fingerprint density at radius 2 is 1.08 bits per heavy atom. The standard InChI is InChI=1S/C34H23N3/c1-2-9-25(10-3-1)34-35-22-21-31(36-34)27-12-8-11-26(23-27)24-17-19-28(20-18-24)37-32-15-6-4-13-29(32)30-14-5-7-16-33(30)37/h1-23H. The van der Waals surface area contributed by atoms with Crippen LogP contribution in [0.4, 0.5) is 0 Å². The van der Waals surface area contributed by atoms with Gasteiger partial charge in [0.05, 0.1) is 16.7 Å². The van der Waals surface area contributed by atoms with Gasteiger partial charge in [-0.25, -0.2) is 9.97 Å². The minimum Gasteiger partial charge on any atom is -0.309 e. The van der Waals surface area contributed by atoms with E-state index in [0.29, 0.717) is 0 Å². The highest BCUT2D eigenvalue weighted by Gasteiger charge is 2.12. The van der Waals surface area contributed by atoms with Crippen LogP contribution < -0.4 is 0 Å². The minimum absolute atomic E-state index is 0.735. The number of nitrogens with zero attached hydrogens (tertiary/aromatic N) is 3. The van der Waals surface area contributed by atoms with Crippen molar-refractivity contribution < 1.29 is 0 Å². The molecule has 0 saturated carbocycles. The van der Waals surface area contributed by atoms with Crippen LogP contribution in [0.2, 0.25) is 0 Å². The summed E-state index contributed by atoms with van der Waals surface area (Å²) in [5.41, 5.74) is 8.92. The fraction of sp³-hybridized carbons (Fsp3) is 0. The van der Waals surface area contributed by atoms with E-state index in [9.17, 15) is 0 Å². The smallest absolute Gasteiger partial charge is 0.159 e. The van der Waals surface area contributed by atoms with Gasteiger partial charge in [0.25, 0.3) is 0 Å². The Balaban J connectivity index is 1.26. The maximum Gasteiger partial charge on any atom is 0.159 e. The second kappa shape index (κ2) is 8.89. The maximum atomic E-state index is 4.84. The molecule has 7 rings (SSSR count). The van der Waals surface area contributed by atoms with Crippen molar-refractivity contribution in [1.82, 2.24) is 14.5 Å². The van der Waals surface area contributed by atoms with Crippen LogP contribution in [0, 0.1) is 0 Å². The average molecular weight is 474 g/mol. The number of hydrogen-bond acceptors (Lipinski definition) is 2. The zero-order chi connectivity index (χ0) is 24.6. The van der Waals surface area contributed by atoms with Crippen LogP contribution in [0.15, 0.2) is 140 Å². The fourth-order valence-corrected chi connectivity index (χ4v) is 5.11. The quantitative estimate of drug-likeness (QED) is 0.256. The first-order valence-corrected chi connectivity index (χ1v) is 12.4. The van der Waals surface area contributed by atoms with Crippen molar-refractivity contribution in [2.24, 2.45) is 0 Å². The number of para-hydroxylation sites is 2. The summed E-state index contributed by atoms with van der Waals surface area (Å²) in [5.74, 6) is 0.735. The topological polar surface area (TPSA) is 30.7 Å². The van der Waals surface area contributed by atoms with Gasteiger partial charge in [0, 0.05) is 33.8 Å². The fourth-order valence-electron chi connectivity index (χ4n) is 5.11. The van der Waals surface area contributed by atoms with Crippen molar-refractivity contribution in [2.45, 2.75) is 0 Å². The highest BCUT2D eigenvalue weighted by Crippen LogP contribution is 2.33. The van der Waals surface area contributed by atoms with E-state index in [4.69, 9.17) is 4.98 Å². The number of hydrogen-bond donors (Lipinski definition) is 0. The van der Waals surface area contributed by atoms with E-state index in [1.165, 1.54) is 27.4 Å². The predicted octanol–water partition coefficient (Wildman–Crippen LogP) is 8.57. The Hall–Kier alpha value is -5.02. The lowest BCUT2D eigenvalue weighted by Crippen LogP contribution is -1.94. The van der Waals surface area contributed by atoms with Crippen molar-refractivity contribution >= 4 is 21.8 Å². The summed E-state index contributed by atoms with van der Waals surface area (Å²) < 4.78 is 2.34. The lowest BCUT2D eigenvalue weighted by molar-refractivity contribution is 1.18. The highest BCUT2D eigenvalue weighted by atomic mass is 15.0. The Labute approximate surface area is 215 Å². The van der Waals surface area contributed by atoms with Crippen LogP contribution in [0.25, 0.3) is 61.3 Å². The molecular formula is C34H23N3. The van der Waals surface area contributed by atoms with Crippen molar-refractivity contribution in [3.8, 4) is 39.5 Å². The molecule has 3 heteroatoms. The molecule has 0 aliphatic carbocycles. The molecule has 7 aromatic rings. The molecule has 0 radical (unpaired) electrons. The van der Waals surface area contributed by atoms with Gasteiger partial charge in [0.2, 0.25) is 0 Å². The van der Waals surface area contributed by atoms with Gasteiger partial charge < -0.3 is 4.57 Å². The zero-order valence-corrected chi connectivity index (χ0v) is 20.1. The second-order valence-electron chi connectivity index (χ2n) is 9.13. The molecule has 0 atom stereocenters. The van der Waals surface area contributed by atoms with E-state index in [1.807, 2.05) is 42.6 Å². The zero-order valence-electron chi connectivity index (χ0n) is 20.1. The first kappa shape index (κ1) is 21.3. The molecule has 37 heavy (non-hydrogen) atoms. The van der Waals surface area contributed by atoms with E-state index < -0.39 is 0 Å². The molecule has 0 spiro atoms. The number of aromatic nitrogens is 3. The van der Waals surface area contributed by atoms with E-state index in [0.717, 1.165) is 33.9 Å². The van der Waals surface area contributed by atoms with E-state index >= 15 is 0 Å². The summed E-state index contributed by atoms with van der Waals surface area (Å²) in [7, 11) is 0. The molecule has 0 amide bonds. The van der Waals surface area contributed by atoms with Gasteiger partial charge in [0.1, 0.15) is 0 Å². The molecule has 5 aromatic carbocycles. The predicted molar refractivity (Wildman–Crippen MR) is 153 cm³/mol. The number of fused-ring (bicyclic) bond motifs is 3. The first-order chi connectivity index (χ1) is 18.3. The summed E-state index contributed by atoms with van der Waals surface area (Å²) in [6.45, 7) is 0. The minimum atomic E-state index is 0.735. The normalized spacial score (nSPS) is 11.2. The SMILES string of the molecule is c1ccc(-c2nccc(-c3cccc(-c4ccc(-n5c6ccccc6c6ccccc65)cc4)c3)n2)cc1. The molecule has 0 fully saturated rings. The molecular weight excluding hydrogens is 450 g/mol. The van der Waals surface area contributed by atoms with Crippen LogP contribution in [-0.2, 0) is 0 Å². The molecule has 174 valence electrons. The van der Waals surface area contributed by atoms with E-state index in [-0.39, 0.29) is 0 Å². The lowest BCUT2D eigenvalue weighted by atomic mass is 10.0. The van der Waals surface area contributed by atoms with E-state index in [2.05, 4.69) is 107 Å². The van der Waals surface area contributed by atoms with Crippen LogP contribution in [0.1, 0.15) is 0 Å². The number of rotatable bonds is 4. The summed E-state index contributed by atoms with van der Waals surface area (Å²) >= 11 is 0. The summed E-state index contributed by atoms with van der Waals surface area (Å²) in [5, 5.41) is 2.55. The van der Waals surface area contributed by atoms with Crippen LogP contribution in [0.5, 0.6) is 0 Å². The maximum absolute atomic E-state index is 4.84. The van der Waals surface area contributed by atoms with Crippen molar-refractivity contribution in [3.05, 3.63) is 140 Å². The lowest BCUT2D eigenvalue weighted by Gasteiger charge is -2.10. The van der Waals surface area contributed by atoms with Gasteiger partial charge in [-0.05, 0) is 47.5 Å². The molecule has 3 nitrogen and oxygen atoms in total. The summed E-state index contributed by atoms with van der Waals surface area (Å²) in [6.07, 6.45) is 1.83. The summed E-state index contributed by atoms with van der Waals surface area (Å²) in [4.78, 5) is 9.32. The third-order valence-electron chi connectivity index (χ3n) is 6.88. The number of benzene rings is 5. The molecule has 0 bridgehead atoms. The van der Waals surface area contributed by atoms with Crippen molar-refractivity contribution in [2.75, 3.05) is 0 Å². The first-order valence-electron chi connectivity index (χ1n) is 12.4. The third kappa shape index (κ3) is 3.78. The van der Waals surface area contributed by atoms with Crippen LogP contribution >= 0.6 is 0 Å². The highest BCUT2D eigenvalue weighted by molar-refractivity contribution is 6.09. The molecule has 0 N–H and O–H groups in total. The molecule has 0 unspecified atom stereocenters. The van der Waals surface area contributed by atoms with Gasteiger partial charge in [-0.15, -0.1) is 0 Å². The Morgan fingerprint density at radius 3 is 1.81 bits per heavy atom. The molecule has 2 heterocycles.